The molecule has 0 unspecified atom stereocenters. The minimum absolute atomic E-state index is 0.0854. The highest BCUT2D eigenvalue weighted by molar-refractivity contribution is 7.17. The lowest BCUT2D eigenvalue weighted by molar-refractivity contribution is 0.0961. The Bertz CT molecular complexity index is 768. The Kier molecular flexibility index (Phi) is 3.03. The number of halogens is 1. The monoisotopic (exact) mass is 289 g/mol. The average Bonchev–Trinajstić information content (AvgIpc) is 3.07. The predicted octanol–water partition coefficient (Wildman–Crippen LogP) is 2.54. The molecule has 2 aromatic heterocycles. The first-order valence-electron chi connectivity index (χ1n) is 5.63. The van der Waals surface area contributed by atoms with Crippen molar-refractivity contribution in [3.63, 3.8) is 0 Å². The number of rotatable bonds is 2. The summed E-state index contributed by atoms with van der Waals surface area (Å²) in [7, 11) is 0. The number of benzene rings is 1. The fraction of sp³-hybridized carbons (Fsp3) is 0. The lowest BCUT2D eigenvalue weighted by Gasteiger charge is -1.96. The number of hydrogen-bond donors (Lipinski definition) is 1. The third kappa shape index (κ3) is 2.19. The van der Waals surface area contributed by atoms with E-state index in [2.05, 4.69) is 9.97 Å². The molecule has 0 aliphatic rings. The van der Waals surface area contributed by atoms with Gasteiger partial charge in [0.15, 0.2) is 4.88 Å². The zero-order chi connectivity index (χ0) is 14.1. The summed E-state index contributed by atoms with van der Waals surface area (Å²) in [6, 6.07) is 5.81. The van der Waals surface area contributed by atoms with Crippen molar-refractivity contribution in [2.24, 2.45) is 0 Å². The molecule has 3 rings (SSSR count). The van der Waals surface area contributed by atoms with E-state index < -0.39 is 11.7 Å². The molecule has 2 heterocycles. The lowest BCUT2D eigenvalue weighted by Crippen LogP contribution is -2.07. The van der Waals surface area contributed by atoms with Crippen LogP contribution in [0.3, 0.4) is 0 Å². The normalized spacial score (nSPS) is 10.7. The van der Waals surface area contributed by atoms with Crippen LogP contribution < -0.4 is 0 Å². The number of hydrogen-bond acceptors (Lipinski definition) is 5. The van der Waals surface area contributed by atoms with E-state index in [1.807, 2.05) is 0 Å². The standard InChI is InChI=1S/C13H8FN3O2S/c14-9-3-1-2-8(6-9)12-16-11(18)10(20-12)13(19)17-5-4-15-7-17/h1-7,18H. The highest BCUT2D eigenvalue weighted by atomic mass is 32.1. The molecule has 5 nitrogen and oxygen atoms in total. The van der Waals surface area contributed by atoms with Crippen molar-refractivity contribution in [1.82, 2.24) is 14.5 Å². The van der Waals surface area contributed by atoms with Crippen molar-refractivity contribution in [3.05, 3.63) is 53.7 Å². The van der Waals surface area contributed by atoms with Crippen molar-refractivity contribution < 1.29 is 14.3 Å². The fourth-order valence-electron chi connectivity index (χ4n) is 1.69. The van der Waals surface area contributed by atoms with Crippen LogP contribution in [0, 0.1) is 5.82 Å². The molecule has 1 N–H and O–H groups in total. The fourth-order valence-corrected chi connectivity index (χ4v) is 2.59. The molecular formula is C13H8FN3O2S. The van der Waals surface area contributed by atoms with E-state index in [0.717, 1.165) is 11.3 Å². The number of aromatic nitrogens is 3. The van der Waals surface area contributed by atoms with Gasteiger partial charge >= 0.3 is 0 Å². The van der Waals surface area contributed by atoms with Gasteiger partial charge in [-0.05, 0) is 12.1 Å². The average molecular weight is 289 g/mol. The first-order valence-corrected chi connectivity index (χ1v) is 6.45. The van der Waals surface area contributed by atoms with Crippen LogP contribution in [0.25, 0.3) is 10.6 Å². The summed E-state index contributed by atoms with van der Waals surface area (Å²) < 4.78 is 14.4. The number of nitrogens with zero attached hydrogens (tertiary/aromatic N) is 3. The summed E-state index contributed by atoms with van der Waals surface area (Å²) >= 11 is 1.00. The molecule has 0 spiro atoms. The molecule has 100 valence electrons. The van der Waals surface area contributed by atoms with Gasteiger partial charge in [-0.15, -0.1) is 11.3 Å². The van der Waals surface area contributed by atoms with Gasteiger partial charge in [-0.3, -0.25) is 9.36 Å². The lowest BCUT2D eigenvalue weighted by atomic mass is 10.2. The molecule has 0 aliphatic carbocycles. The summed E-state index contributed by atoms with van der Waals surface area (Å²) in [4.78, 5) is 19.9. The molecule has 3 aromatic rings. The largest absolute Gasteiger partial charge is 0.492 e. The van der Waals surface area contributed by atoms with Crippen LogP contribution in [0.5, 0.6) is 5.88 Å². The third-order valence-electron chi connectivity index (χ3n) is 2.61. The van der Waals surface area contributed by atoms with Gasteiger partial charge in [0.2, 0.25) is 5.88 Å². The minimum atomic E-state index is -0.430. The molecule has 1 aromatic carbocycles. The molecule has 0 atom stereocenters. The maximum atomic E-state index is 13.2. The van der Waals surface area contributed by atoms with Crippen LogP contribution in [0.15, 0.2) is 43.0 Å². The Hall–Kier alpha value is -2.54. The van der Waals surface area contributed by atoms with E-state index in [9.17, 15) is 14.3 Å². The number of carbonyl (C=O) groups is 1. The first-order chi connectivity index (χ1) is 9.65. The van der Waals surface area contributed by atoms with Gasteiger partial charge in [0.25, 0.3) is 5.91 Å². The van der Waals surface area contributed by atoms with Crippen molar-refractivity contribution in [2.75, 3.05) is 0 Å². The van der Waals surface area contributed by atoms with E-state index in [1.165, 1.54) is 35.4 Å². The second-order valence-electron chi connectivity index (χ2n) is 3.96. The summed E-state index contributed by atoms with van der Waals surface area (Å²) in [5.74, 6) is -1.20. The molecule has 0 bridgehead atoms. The van der Waals surface area contributed by atoms with E-state index in [0.29, 0.717) is 10.6 Å². The second-order valence-corrected chi connectivity index (χ2v) is 4.96. The van der Waals surface area contributed by atoms with Gasteiger partial charge in [0.1, 0.15) is 17.2 Å². The van der Waals surface area contributed by atoms with E-state index in [4.69, 9.17) is 0 Å². The van der Waals surface area contributed by atoms with Crippen LogP contribution >= 0.6 is 11.3 Å². The van der Waals surface area contributed by atoms with Crippen molar-refractivity contribution >= 4 is 17.2 Å². The zero-order valence-electron chi connectivity index (χ0n) is 10.0. The number of carbonyl (C=O) groups excluding carboxylic acids is 1. The highest BCUT2D eigenvalue weighted by Crippen LogP contribution is 2.32. The number of aromatic hydroxyl groups is 1. The molecule has 0 saturated heterocycles. The predicted molar refractivity (Wildman–Crippen MR) is 71.1 cm³/mol. The summed E-state index contributed by atoms with van der Waals surface area (Å²) in [5, 5.41) is 10.2. The molecule has 20 heavy (non-hydrogen) atoms. The van der Waals surface area contributed by atoms with Gasteiger partial charge in [0, 0.05) is 18.0 Å². The summed E-state index contributed by atoms with van der Waals surface area (Å²) in [6.07, 6.45) is 4.27. The van der Waals surface area contributed by atoms with Crippen molar-refractivity contribution in [1.29, 1.82) is 0 Å². The number of imidazole rings is 1. The SMILES string of the molecule is O=C(c1sc(-c2cccc(F)c2)nc1O)n1ccnc1. The quantitative estimate of drug-likeness (QED) is 0.787. The molecule has 0 aliphatic heterocycles. The summed E-state index contributed by atoms with van der Waals surface area (Å²) in [6.45, 7) is 0. The van der Waals surface area contributed by atoms with Gasteiger partial charge < -0.3 is 5.11 Å². The molecule has 0 amide bonds. The molecule has 7 heteroatoms. The smallest absolute Gasteiger partial charge is 0.278 e. The van der Waals surface area contributed by atoms with Crippen LogP contribution in [0.4, 0.5) is 4.39 Å². The second kappa shape index (κ2) is 4.86. The Balaban J connectivity index is 2.01. The van der Waals surface area contributed by atoms with Gasteiger partial charge in [-0.25, -0.2) is 14.4 Å². The Morgan fingerprint density at radius 3 is 2.95 bits per heavy atom. The van der Waals surface area contributed by atoms with Crippen LogP contribution in [0.2, 0.25) is 0 Å². The number of thiazole rings is 1. The van der Waals surface area contributed by atoms with E-state index in [-0.39, 0.29) is 10.8 Å². The van der Waals surface area contributed by atoms with Crippen LogP contribution in [-0.4, -0.2) is 25.5 Å². The highest BCUT2D eigenvalue weighted by Gasteiger charge is 2.19. The maximum absolute atomic E-state index is 13.2. The summed E-state index contributed by atoms with van der Waals surface area (Å²) in [5.41, 5.74) is 0.509. The van der Waals surface area contributed by atoms with Gasteiger partial charge in [-0.1, -0.05) is 12.1 Å². The van der Waals surface area contributed by atoms with Crippen LogP contribution in [-0.2, 0) is 0 Å². The topological polar surface area (TPSA) is 68.0 Å². The van der Waals surface area contributed by atoms with Crippen molar-refractivity contribution in [2.45, 2.75) is 0 Å². The molecular weight excluding hydrogens is 281 g/mol. The third-order valence-corrected chi connectivity index (χ3v) is 3.70. The first kappa shape index (κ1) is 12.5. The maximum Gasteiger partial charge on any atom is 0.278 e. The molecule has 0 radical (unpaired) electrons. The van der Waals surface area contributed by atoms with E-state index in [1.54, 1.807) is 12.1 Å². The van der Waals surface area contributed by atoms with Gasteiger partial charge in [-0.2, -0.15) is 0 Å². The molecule has 0 saturated carbocycles. The Labute approximate surface area is 117 Å². The van der Waals surface area contributed by atoms with Crippen LogP contribution in [0.1, 0.15) is 9.67 Å². The zero-order valence-corrected chi connectivity index (χ0v) is 10.8. The molecule has 0 fully saturated rings. The minimum Gasteiger partial charge on any atom is -0.492 e. The van der Waals surface area contributed by atoms with E-state index >= 15 is 0 Å². The Morgan fingerprint density at radius 2 is 2.25 bits per heavy atom. The Morgan fingerprint density at radius 1 is 1.40 bits per heavy atom. The van der Waals surface area contributed by atoms with Crippen molar-refractivity contribution in [3.8, 4) is 16.5 Å². The van der Waals surface area contributed by atoms with Gasteiger partial charge in [0.05, 0.1) is 0 Å².